The standard InChI is InChI=1S/C50H44N6O7S3/c1-59-38-22-19-32(20-23-38)28-62-48(64)44-34(25-26-51)30-65-47-43(46(58)56(44)47)53-45(57)42(55-63-29-33-21-24-39(60-2)27-41(33)61-3)40-31-66-49(52-40)54-50(35-13-7-4-8-14-35,36-15-9-5-10-16-36)37-17-11-6-12-18-37/h4-24,27,31,43,47H,25,28-30H2,1-3H3,(H,52,54)(H,53,57)/b55-42-/t43-,47-/m1/s1. The number of anilines is 1. The van der Waals surface area contributed by atoms with Gasteiger partial charge in [0.15, 0.2) is 10.8 Å². The number of nitriles is 1. The van der Waals surface area contributed by atoms with Gasteiger partial charge in [-0.25, -0.2) is 4.98 Å². The highest BCUT2D eigenvalue weighted by molar-refractivity contribution is 8.00. The predicted octanol–water partition coefficient (Wildman–Crippen LogP) is 8.61. The van der Waals surface area contributed by atoms with Crippen LogP contribution in [-0.4, -0.2) is 71.0 Å². The molecule has 0 bridgehead atoms. The molecule has 66 heavy (non-hydrogen) atoms. The Bertz CT molecular complexity index is 2700. The Morgan fingerprint density at radius 1 is 0.864 bits per heavy atom. The molecule has 0 radical (unpaired) electrons. The molecule has 0 aliphatic carbocycles. The average Bonchev–Trinajstić information content (AvgIpc) is 3.84. The second-order valence-electron chi connectivity index (χ2n) is 15.0. The van der Waals surface area contributed by atoms with E-state index in [9.17, 15) is 14.9 Å². The summed E-state index contributed by atoms with van der Waals surface area (Å²) in [5.74, 6) is 1.11. The zero-order valence-electron chi connectivity index (χ0n) is 36.1. The van der Waals surface area contributed by atoms with Gasteiger partial charge in [0.1, 0.15) is 58.8 Å². The maximum absolute atomic E-state index is 14.5. The summed E-state index contributed by atoms with van der Waals surface area (Å²) in [5.41, 5.74) is 4.62. The zero-order valence-corrected chi connectivity index (χ0v) is 38.6. The molecular weight excluding hydrogens is 893 g/mol. The number of nitrogens with zero attached hydrogens (tertiary/aromatic N) is 4. The van der Waals surface area contributed by atoms with Gasteiger partial charge in [0.2, 0.25) is 5.05 Å². The lowest BCUT2D eigenvalue weighted by Gasteiger charge is -2.50. The number of fused-ring (bicyclic) bond motifs is 1. The first-order valence-electron chi connectivity index (χ1n) is 20.7. The molecule has 3 heterocycles. The summed E-state index contributed by atoms with van der Waals surface area (Å²) in [6.07, 6.45) is 0.0509. The maximum Gasteiger partial charge on any atom is 0.276 e. The normalized spacial score (nSPS) is 15.7. The van der Waals surface area contributed by atoms with Gasteiger partial charge >= 0.3 is 0 Å². The van der Waals surface area contributed by atoms with E-state index in [1.807, 2.05) is 78.9 Å². The Morgan fingerprint density at radius 2 is 1.48 bits per heavy atom. The van der Waals surface area contributed by atoms with Crippen LogP contribution in [0.25, 0.3) is 0 Å². The van der Waals surface area contributed by atoms with Crippen LogP contribution in [-0.2, 0) is 37.9 Å². The van der Waals surface area contributed by atoms with Crippen LogP contribution >= 0.6 is 35.3 Å². The van der Waals surface area contributed by atoms with Crippen LogP contribution in [0.1, 0.15) is 39.9 Å². The highest BCUT2D eigenvalue weighted by Crippen LogP contribution is 2.43. The van der Waals surface area contributed by atoms with Crippen LogP contribution in [0.15, 0.2) is 155 Å². The van der Waals surface area contributed by atoms with Gasteiger partial charge < -0.3 is 34.4 Å². The fourth-order valence-electron chi connectivity index (χ4n) is 7.77. The molecule has 1 fully saturated rings. The highest BCUT2D eigenvalue weighted by atomic mass is 32.2. The van der Waals surface area contributed by atoms with Crippen molar-refractivity contribution in [2.75, 3.05) is 32.4 Å². The molecule has 334 valence electrons. The van der Waals surface area contributed by atoms with E-state index in [4.69, 9.17) is 41.0 Å². The van der Waals surface area contributed by atoms with E-state index in [2.05, 4.69) is 58.3 Å². The number of hydrogen-bond donors (Lipinski definition) is 2. The Hall–Kier alpha value is -7.19. The number of nitrogens with one attached hydrogen (secondary N) is 2. The first-order valence-corrected chi connectivity index (χ1v) is 23.1. The smallest absolute Gasteiger partial charge is 0.276 e. The Labute approximate surface area is 396 Å². The van der Waals surface area contributed by atoms with Crippen LogP contribution in [0.5, 0.6) is 17.2 Å². The van der Waals surface area contributed by atoms with E-state index in [1.165, 1.54) is 35.1 Å². The monoisotopic (exact) mass is 936 g/mol. The molecule has 0 spiro atoms. The quantitative estimate of drug-likeness (QED) is 0.0279. The first kappa shape index (κ1) is 45.4. The summed E-state index contributed by atoms with van der Waals surface area (Å²) < 4.78 is 22.2. The molecule has 13 nitrogen and oxygen atoms in total. The lowest BCUT2D eigenvalue weighted by molar-refractivity contribution is -0.144. The number of amides is 2. The van der Waals surface area contributed by atoms with Crippen molar-refractivity contribution in [2.24, 2.45) is 5.16 Å². The number of thiocarbonyl (C=S) groups is 1. The number of aromatic nitrogens is 1. The molecule has 1 aromatic heterocycles. The average molecular weight is 937 g/mol. The van der Waals surface area contributed by atoms with Crippen molar-refractivity contribution >= 4 is 63.0 Å². The SMILES string of the molecule is COc1ccc(COC(=S)C2=C(CC#N)CS[C@@H]3[C@H](NC(=O)/C(=N\OCc4ccc(OC)cc4OC)c4csc(NC(c5ccccc5)(c5ccccc5)c5ccccc5)n4)C(=O)N23)cc1. The van der Waals surface area contributed by atoms with Crippen molar-refractivity contribution in [1.29, 1.82) is 5.26 Å². The van der Waals surface area contributed by atoms with Gasteiger partial charge in [-0.15, -0.1) is 23.1 Å². The molecule has 2 N–H and O–H groups in total. The first-order chi connectivity index (χ1) is 32.3. The van der Waals surface area contributed by atoms with Crippen molar-refractivity contribution < 1.29 is 33.4 Å². The number of hydrogen-bond acceptors (Lipinski definition) is 14. The number of oxime groups is 1. The Balaban J connectivity index is 1.09. The second-order valence-corrected chi connectivity index (χ2v) is 17.3. The summed E-state index contributed by atoms with van der Waals surface area (Å²) in [7, 11) is 4.69. The second kappa shape index (κ2) is 20.8. The van der Waals surface area contributed by atoms with Crippen LogP contribution in [0.4, 0.5) is 5.13 Å². The Morgan fingerprint density at radius 3 is 2.08 bits per heavy atom. The Kier molecular flexibility index (Phi) is 14.3. The van der Waals surface area contributed by atoms with Gasteiger partial charge in [-0.2, -0.15) is 5.26 Å². The fourth-order valence-corrected chi connectivity index (χ4v) is 10.2. The molecule has 2 aliphatic heterocycles. The van der Waals surface area contributed by atoms with Crippen LogP contribution in [0.2, 0.25) is 0 Å². The van der Waals surface area contributed by atoms with Gasteiger partial charge in [-0.1, -0.05) is 108 Å². The molecule has 5 aromatic carbocycles. The highest BCUT2D eigenvalue weighted by Gasteiger charge is 2.54. The van der Waals surface area contributed by atoms with Crippen molar-refractivity contribution in [1.82, 2.24) is 15.2 Å². The zero-order chi connectivity index (χ0) is 46.0. The molecular formula is C50H44N6O7S3. The molecule has 0 unspecified atom stereocenters. The minimum absolute atomic E-state index is 0.0509. The number of rotatable bonds is 18. The minimum Gasteiger partial charge on any atom is -0.497 e. The van der Waals surface area contributed by atoms with Gasteiger partial charge in [-0.3, -0.25) is 14.5 Å². The third kappa shape index (κ3) is 9.45. The lowest BCUT2D eigenvalue weighted by atomic mass is 9.77. The number of methoxy groups -OCH3 is 3. The van der Waals surface area contributed by atoms with Gasteiger partial charge in [0.05, 0.1) is 33.8 Å². The van der Waals surface area contributed by atoms with Crippen LogP contribution in [0, 0.1) is 11.3 Å². The molecule has 2 aliphatic rings. The summed E-state index contributed by atoms with van der Waals surface area (Å²) in [6, 6.07) is 44.1. The number of thioether (sulfide) groups is 1. The molecule has 8 rings (SSSR count). The lowest BCUT2D eigenvalue weighted by Crippen LogP contribution is -2.71. The number of carbonyl (C=O) groups is 2. The van der Waals surface area contributed by atoms with Gasteiger partial charge in [0.25, 0.3) is 11.8 Å². The largest absolute Gasteiger partial charge is 0.497 e. The number of carbonyl (C=O) groups excluding carboxylic acids is 2. The number of β-lactam (4-membered cyclic amide) rings is 1. The summed E-state index contributed by atoms with van der Waals surface area (Å²) in [6.45, 7) is 0.0821. The predicted molar refractivity (Wildman–Crippen MR) is 258 cm³/mol. The molecule has 16 heteroatoms. The van der Waals surface area contributed by atoms with Crippen molar-refractivity contribution in [3.63, 3.8) is 0 Å². The molecule has 2 atom stereocenters. The van der Waals surface area contributed by atoms with Gasteiger partial charge in [-0.05, 0) is 64.3 Å². The molecule has 2 amide bonds. The minimum atomic E-state index is -0.962. The van der Waals surface area contributed by atoms with E-state index in [0.717, 1.165) is 22.3 Å². The van der Waals surface area contributed by atoms with Crippen molar-refractivity contribution in [3.05, 3.63) is 184 Å². The topological polar surface area (TPSA) is 157 Å². The maximum atomic E-state index is 14.5. The summed E-state index contributed by atoms with van der Waals surface area (Å²) in [4.78, 5) is 41.0. The number of thiazole rings is 1. The van der Waals surface area contributed by atoms with Crippen LogP contribution < -0.4 is 24.8 Å². The summed E-state index contributed by atoms with van der Waals surface area (Å²) in [5, 5.41) is 22.5. The van der Waals surface area contributed by atoms with Crippen LogP contribution in [0.3, 0.4) is 0 Å². The summed E-state index contributed by atoms with van der Waals surface area (Å²) >= 11 is 8.47. The van der Waals surface area contributed by atoms with E-state index in [-0.39, 0.29) is 36.1 Å². The van der Waals surface area contributed by atoms with Gasteiger partial charge in [0, 0.05) is 22.8 Å². The van der Waals surface area contributed by atoms with E-state index < -0.39 is 28.8 Å². The fraction of sp³-hybridized carbons (Fsp3) is 0.200. The van der Waals surface area contributed by atoms with Crippen molar-refractivity contribution in [2.45, 2.75) is 36.6 Å². The van der Waals surface area contributed by atoms with Crippen molar-refractivity contribution in [3.8, 4) is 23.3 Å². The number of benzene rings is 5. The number of ether oxygens (including phenoxy) is 4. The van der Waals surface area contributed by atoms with E-state index >= 15 is 0 Å². The molecule has 1 saturated heterocycles. The third-order valence-corrected chi connectivity index (χ3v) is 13.5. The molecule has 6 aromatic rings. The van der Waals surface area contributed by atoms with E-state index in [0.29, 0.717) is 45.0 Å². The molecule has 0 saturated carbocycles. The van der Waals surface area contributed by atoms with E-state index in [1.54, 1.807) is 37.8 Å². The third-order valence-electron chi connectivity index (χ3n) is 11.1.